The number of anilines is 1. The third kappa shape index (κ3) is 4.82. The maximum Gasteiger partial charge on any atom is 0.416 e. The molecule has 2 aromatic rings. The van der Waals surface area contributed by atoms with E-state index in [1.807, 2.05) is 13.0 Å². The molecule has 0 radical (unpaired) electrons. The third-order valence-electron chi connectivity index (χ3n) is 3.91. The average molecular weight is 381 g/mol. The highest BCUT2D eigenvalue weighted by Gasteiger charge is 2.30. The molecule has 2 rings (SSSR count). The van der Waals surface area contributed by atoms with Gasteiger partial charge in [-0.2, -0.15) is 13.2 Å². The van der Waals surface area contributed by atoms with Crippen LogP contribution in [0.5, 0.6) is 0 Å². The summed E-state index contributed by atoms with van der Waals surface area (Å²) < 4.78 is 43.1. The lowest BCUT2D eigenvalue weighted by molar-refractivity contribution is -0.137. The van der Waals surface area contributed by atoms with Crippen molar-refractivity contribution in [1.29, 1.82) is 0 Å². The van der Waals surface area contributed by atoms with Crippen molar-refractivity contribution in [2.75, 3.05) is 12.4 Å². The number of benzene rings is 2. The molecule has 0 saturated heterocycles. The van der Waals surface area contributed by atoms with Crippen molar-refractivity contribution >= 4 is 28.9 Å². The van der Waals surface area contributed by atoms with Crippen LogP contribution >= 0.6 is 12.2 Å². The van der Waals surface area contributed by atoms with Gasteiger partial charge >= 0.3 is 12.3 Å². The van der Waals surface area contributed by atoms with Crippen molar-refractivity contribution in [3.8, 4) is 0 Å². The summed E-state index contributed by atoms with van der Waals surface area (Å²) in [6.45, 7) is 3.64. The zero-order valence-electron chi connectivity index (χ0n) is 14.5. The molecule has 0 atom stereocenters. The second-order valence-corrected chi connectivity index (χ2v) is 6.39. The summed E-state index contributed by atoms with van der Waals surface area (Å²) in [6, 6.07) is 8.73. The lowest BCUT2D eigenvalue weighted by atomic mass is 9.96. The van der Waals surface area contributed by atoms with Crippen LogP contribution in [0.1, 0.15) is 27.8 Å². The maximum atomic E-state index is 12.8. The minimum absolute atomic E-state index is 0.226. The highest BCUT2D eigenvalue weighted by atomic mass is 32.1. The van der Waals surface area contributed by atoms with Gasteiger partial charge in [-0.15, -0.1) is 0 Å². The molecule has 0 aliphatic carbocycles. The molecule has 0 saturated carbocycles. The van der Waals surface area contributed by atoms with Gasteiger partial charge in [-0.3, -0.25) is 5.32 Å². The first-order valence-electron chi connectivity index (χ1n) is 7.77. The number of carbonyl (C=O) groups excluding carboxylic acids is 1. The van der Waals surface area contributed by atoms with Crippen LogP contribution < -0.4 is 5.32 Å². The van der Waals surface area contributed by atoms with Crippen molar-refractivity contribution in [3.05, 3.63) is 64.2 Å². The number of thiocarbonyl (C=S) groups is 1. The first kappa shape index (κ1) is 19.9. The predicted molar refractivity (Wildman–Crippen MR) is 98.8 cm³/mol. The Kier molecular flexibility index (Phi) is 6.02. The smallest absolute Gasteiger partial charge is 0.416 e. The van der Waals surface area contributed by atoms with E-state index in [2.05, 4.69) is 10.1 Å². The van der Waals surface area contributed by atoms with Crippen molar-refractivity contribution in [2.24, 2.45) is 0 Å². The van der Waals surface area contributed by atoms with E-state index in [9.17, 15) is 18.0 Å². The summed E-state index contributed by atoms with van der Waals surface area (Å²) in [4.78, 5) is 11.9. The van der Waals surface area contributed by atoms with Crippen LogP contribution in [0.4, 0.5) is 23.7 Å². The molecule has 0 bridgehead atoms. The van der Waals surface area contributed by atoms with Crippen LogP contribution in [0.15, 0.2) is 36.4 Å². The minimum Gasteiger partial charge on any atom is -0.453 e. The van der Waals surface area contributed by atoms with Crippen LogP contribution in [0.3, 0.4) is 0 Å². The number of ether oxygens (including phenoxy) is 1. The Bertz CT molecular complexity index is 847. The summed E-state index contributed by atoms with van der Waals surface area (Å²) >= 11 is 5.45. The zero-order chi connectivity index (χ0) is 19.5. The second-order valence-electron chi connectivity index (χ2n) is 5.90. The number of amides is 1. The van der Waals surface area contributed by atoms with Gasteiger partial charge in [0.25, 0.3) is 0 Å². The molecule has 0 aliphatic rings. The van der Waals surface area contributed by atoms with E-state index in [1.54, 1.807) is 19.1 Å². The summed E-state index contributed by atoms with van der Waals surface area (Å²) in [6.07, 6.45) is -4.74. The molecule has 1 amide bonds. The van der Waals surface area contributed by atoms with Crippen LogP contribution in [0, 0.1) is 13.8 Å². The normalized spacial score (nSPS) is 11.2. The molecule has 0 aromatic heterocycles. The van der Waals surface area contributed by atoms with Gasteiger partial charge in [0.2, 0.25) is 0 Å². The second kappa shape index (κ2) is 7.86. The fraction of sp³-hybridized carbons (Fsp3) is 0.263. The maximum absolute atomic E-state index is 12.8. The van der Waals surface area contributed by atoms with E-state index < -0.39 is 17.8 Å². The number of hydrogen-bond donors (Lipinski definition) is 1. The topological polar surface area (TPSA) is 38.3 Å². The van der Waals surface area contributed by atoms with Gasteiger partial charge in [-0.25, -0.2) is 4.79 Å². The fourth-order valence-corrected chi connectivity index (χ4v) is 2.94. The van der Waals surface area contributed by atoms with Crippen molar-refractivity contribution < 1.29 is 22.7 Å². The number of hydrogen-bond acceptors (Lipinski definition) is 3. The number of aryl methyl sites for hydroxylation is 2. The van der Waals surface area contributed by atoms with Gasteiger partial charge in [0.1, 0.15) is 0 Å². The predicted octanol–water partition coefficient (Wildman–Crippen LogP) is 5.46. The lowest BCUT2D eigenvalue weighted by Gasteiger charge is -2.14. The Morgan fingerprint density at radius 1 is 1.15 bits per heavy atom. The molecule has 0 fully saturated rings. The van der Waals surface area contributed by atoms with E-state index in [1.165, 1.54) is 13.2 Å². The Hall–Kier alpha value is -2.41. The zero-order valence-corrected chi connectivity index (χ0v) is 15.3. The number of methoxy groups -OCH3 is 1. The highest BCUT2D eigenvalue weighted by molar-refractivity contribution is 7.80. The van der Waals surface area contributed by atoms with Gasteiger partial charge in [0.05, 0.1) is 12.7 Å². The SMILES string of the molecule is COC(=O)Nc1cc(C)c(C(=S)Cc2cccc(C(F)(F)F)c2)cc1C. The summed E-state index contributed by atoms with van der Waals surface area (Å²) in [5.41, 5.74) is 2.77. The Labute approximate surface area is 155 Å². The first-order valence-corrected chi connectivity index (χ1v) is 8.18. The van der Waals surface area contributed by atoms with E-state index >= 15 is 0 Å². The molecule has 0 unspecified atom stereocenters. The number of carbonyl (C=O) groups is 1. The Morgan fingerprint density at radius 2 is 1.85 bits per heavy atom. The van der Waals surface area contributed by atoms with Gasteiger partial charge in [-0.05, 0) is 54.3 Å². The van der Waals surface area contributed by atoms with E-state index in [0.29, 0.717) is 16.1 Å². The Morgan fingerprint density at radius 3 is 2.46 bits per heavy atom. The molecule has 0 aliphatic heterocycles. The third-order valence-corrected chi connectivity index (χ3v) is 4.28. The highest BCUT2D eigenvalue weighted by Crippen LogP contribution is 2.30. The molecular formula is C19H18F3NO2S. The molecular weight excluding hydrogens is 363 g/mol. The first-order chi connectivity index (χ1) is 12.1. The van der Waals surface area contributed by atoms with Gasteiger partial charge in [0.15, 0.2) is 0 Å². The molecule has 0 spiro atoms. The molecule has 2 aromatic carbocycles. The molecule has 1 N–H and O–H groups in total. The molecule has 7 heteroatoms. The molecule has 26 heavy (non-hydrogen) atoms. The molecule has 138 valence electrons. The van der Waals surface area contributed by atoms with Crippen LogP contribution in [0.2, 0.25) is 0 Å². The van der Waals surface area contributed by atoms with Gasteiger partial charge < -0.3 is 4.74 Å². The summed E-state index contributed by atoms with van der Waals surface area (Å²) in [5, 5.41) is 2.61. The Balaban J connectivity index is 2.25. The van der Waals surface area contributed by atoms with E-state index in [4.69, 9.17) is 12.2 Å². The van der Waals surface area contributed by atoms with E-state index in [0.717, 1.165) is 28.8 Å². The van der Waals surface area contributed by atoms with Gasteiger partial charge in [-0.1, -0.05) is 30.4 Å². The van der Waals surface area contributed by atoms with Crippen LogP contribution in [-0.4, -0.2) is 18.1 Å². The van der Waals surface area contributed by atoms with Crippen LogP contribution in [-0.2, 0) is 17.3 Å². The van der Waals surface area contributed by atoms with Crippen LogP contribution in [0.25, 0.3) is 0 Å². The number of nitrogens with one attached hydrogen (secondary N) is 1. The molecule has 3 nitrogen and oxygen atoms in total. The van der Waals surface area contributed by atoms with Crippen molar-refractivity contribution in [3.63, 3.8) is 0 Å². The minimum atomic E-state index is -4.38. The number of rotatable bonds is 4. The van der Waals surface area contributed by atoms with Gasteiger partial charge in [0, 0.05) is 17.0 Å². The molecule has 0 heterocycles. The largest absolute Gasteiger partial charge is 0.453 e. The fourth-order valence-electron chi connectivity index (χ4n) is 2.55. The monoisotopic (exact) mass is 381 g/mol. The lowest BCUT2D eigenvalue weighted by Crippen LogP contribution is -2.13. The van der Waals surface area contributed by atoms with Crippen molar-refractivity contribution in [2.45, 2.75) is 26.4 Å². The van der Waals surface area contributed by atoms with Crippen molar-refractivity contribution in [1.82, 2.24) is 0 Å². The van der Waals surface area contributed by atoms with E-state index in [-0.39, 0.29) is 6.42 Å². The number of alkyl halides is 3. The average Bonchev–Trinajstić information content (AvgIpc) is 2.57. The standard InChI is InChI=1S/C19H18F3NO2S/c1-11-8-16(23-18(24)25-3)12(2)7-15(11)17(26)10-13-5-4-6-14(9-13)19(20,21)22/h4-9H,10H2,1-3H3,(H,23,24). The quantitative estimate of drug-likeness (QED) is 0.564. The number of halogens is 3. The summed E-state index contributed by atoms with van der Waals surface area (Å²) in [7, 11) is 1.27. The summed E-state index contributed by atoms with van der Waals surface area (Å²) in [5.74, 6) is 0.